The summed E-state index contributed by atoms with van der Waals surface area (Å²) >= 11 is 5.71. The molecule has 1 aliphatic rings. The first-order chi connectivity index (χ1) is 11.1. The zero-order valence-electron chi connectivity index (χ0n) is 13.7. The third-order valence-corrected chi connectivity index (χ3v) is 4.63. The summed E-state index contributed by atoms with van der Waals surface area (Å²) in [5.41, 5.74) is 3.60. The molecule has 1 fully saturated rings. The summed E-state index contributed by atoms with van der Waals surface area (Å²) in [5.74, 6) is 0. The highest BCUT2D eigenvalue weighted by Gasteiger charge is 2.28. The zero-order valence-corrected chi connectivity index (χ0v) is 14.5. The van der Waals surface area contributed by atoms with Gasteiger partial charge in [0.1, 0.15) is 0 Å². The Morgan fingerprint density at radius 1 is 1.09 bits per heavy atom. The lowest BCUT2D eigenvalue weighted by Crippen LogP contribution is -2.50. The summed E-state index contributed by atoms with van der Waals surface area (Å²) in [4.78, 5) is 4.68. The summed E-state index contributed by atoms with van der Waals surface area (Å²) in [6.07, 6.45) is 0. The number of nitrogens with zero attached hydrogens (tertiary/aromatic N) is 2. The second-order valence-corrected chi connectivity index (χ2v) is 6.57. The Balaban J connectivity index is 1.79. The molecule has 0 aliphatic carbocycles. The first kappa shape index (κ1) is 16.0. The molecule has 0 bridgehead atoms. The van der Waals surface area contributed by atoms with Gasteiger partial charge in [-0.05, 0) is 49.4 Å². The number of benzene rings is 2. The normalized spacial score (nSPS) is 18.7. The Morgan fingerprint density at radius 3 is 2.61 bits per heavy atom. The molecule has 1 N–H and O–H groups in total. The van der Waals surface area contributed by atoms with Crippen molar-refractivity contribution in [3.05, 3.63) is 65.7 Å². The van der Waals surface area contributed by atoms with Gasteiger partial charge in [0, 0.05) is 25.3 Å². The van der Waals surface area contributed by atoms with Crippen LogP contribution in [-0.4, -0.2) is 41.6 Å². The van der Waals surface area contributed by atoms with Crippen LogP contribution in [0.25, 0.3) is 0 Å². The number of hydrogen-bond acceptors (Lipinski definition) is 2. The Hall–Kier alpha value is -1.91. The number of nitrogens with one attached hydrogen (secondary N) is 1. The van der Waals surface area contributed by atoms with E-state index in [1.54, 1.807) is 0 Å². The minimum absolute atomic E-state index is 0.291. The van der Waals surface area contributed by atoms with E-state index in [4.69, 9.17) is 12.2 Å². The first-order valence-corrected chi connectivity index (χ1v) is 8.42. The predicted molar refractivity (Wildman–Crippen MR) is 101 cm³/mol. The van der Waals surface area contributed by atoms with E-state index in [1.165, 1.54) is 11.1 Å². The van der Waals surface area contributed by atoms with Crippen LogP contribution in [0.1, 0.15) is 17.2 Å². The number of hydrogen-bond donors (Lipinski definition) is 1. The lowest BCUT2D eigenvalue weighted by Gasteiger charge is -2.41. The fourth-order valence-corrected chi connectivity index (χ4v) is 3.38. The van der Waals surface area contributed by atoms with E-state index in [9.17, 15) is 0 Å². The van der Waals surface area contributed by atoms with E-state index < -0.39 is 0 Å². The Kier molecular flexibility index (Phi) is 4.94. The van der Waals surface area contributed by atoms with Gasteiger partial charge >= 0.3 is 0 Å². The van der Waals surface area contributed by atoms with Crippen LogP contribution < -0.4 is 5.32 Å². The van der Waals surface area contributed by atoms with Gasteiger partial charge in [0.05, 0.1) is 6.04 Å². The molecule has 0 aromatic heterocycles. The van der Waals surface area contributed by atoms with Crippen LogP contribution in [0, 0.1) is 6.92 Å². The molecule has 3 rings (SSSR count). The molecule has 1 saturated heterocycles. The molecular weight excluding hydrogens is 302 g/mol. The van der Waals surface area contributed by atoms with Crippen LogP contribution in [0.2, 0.25) is 0 Å². The molecule has 0 amide bonds. The van der Waals surface area contributed by atoms with Gasteiger partial charge in [-0.1, -0.05) is 42.5 Å². The van der Waals surface area contributed by atoms with Crippen molar-refractivity contribution in [2.45, 2.75) is 13.0 Å². The van der Waals surface area contributed by atoms with Crippen molar-refractivity contribution >= 4 is 23.0 Å². The molecule has 0 spiro atoms. The quantitative estimate of drug-likeness (QED) is 0.849. The molecule has 2 aromatic rings. The van der Waals surface area contributed by atoms with E-state index in [-0.39, 0.29) is 0 Å². The molecule has 4 heteroatoms. The summed E-state index contributed by atoms with van der Waals surface area (Å²) in [6.45, 7) is 5.04. The molecule has 0 radical (unpaired) electrons. The van der Waals surface area contributed by atoms with Crippen molar-refractivity contribution in [2.75, 3.05) is 32.0 Å². The SMILES string of the molecule is Cc1cccc(NC(=S)N2CCN(C)C[C@H]2c2ccccc2)c1. The molecule has 1 aliphatic heterocycles. The molecule has 1 atom stereocenters. The van der Waals surface area contributed by atoms with Crippen molar-refractivity contribution in [2.24, 2.45) is 0 Å². The van der Waals surface area contributed by atoms with Gasteiger partial charge in [-0.15, -0.1) is 0 Å². The van der Waals surface area contributed by atoms with Crippen molar-refractivity contribution in [1.82, 2.24) is 9.80 Å². The molecule has 23 heavy (non-hydrogen) atoms. The van der Waals surface area contributed by atoms with Gasteiger partial charge in [-0.2, -0.15) is 0 Å². The van der Waals surface area contributed by atoms with Crippen LogP contribution in [-0.2, 0) is 0 Å². The lowest BCUT2D eigenvalue weighted by molar-refractivity contribution is 0.153. The van der Waals surface area contributed by atoms with Crippen LogP contribution in [0.3, 0.4) is 0 Å². The summed E-state index contributed by atoms with van der Waals surface area (Å²) in [6, 6.07) is 19.3. The number of piperazine rings is 1. The average Bonchev–Trinajstić information content (AvgIpc) is 2.55. The molecule has 120 valence electrons. The average molecular weight is 325 g/mol. The molecule has 0 unspecified atom stereocenters. The maximum atomic E-state index is 5.71. The fraction of sp³-hybridized carbons (Fsp3) is 0.316. The van der Waals surface area contributed by atoms with Gasteiger partial charge in [-0.25, -0.2) is 0 Å². The maximum Gasteiger partial charge on any atom is 0.174 e. The third-order valence-electron chi connectivity index (χ3n) is 4.30. The van der Waals surface area contributed by atoms with E-state index in [2.05, 4.69) is 83.7 Å². The van der Waals surface area contributed by atoms with Gasteiger partial charge < -0.3 is 15.1 Å². The monoisotopic (exact) mass is 325 g/mol. The van der Waals surface area contributed by atoms with Crippen LogP contribution in [0.5, 0.6) is 0 Å². The summed E-state index contributed by atoms with van der Waals surface area (Å²) in [7, 11) is 2.17. The second kappa shape index (κ2) is 7.11. The Labute approximate surface area is 143 Å². The third kappa shape index (κ3) is 3.89. The highest BCUT2D eigenvalue weighted by Crippen LogP contribution is 2.25. The van der Waals surface area contributed by atoms with Crippen LogP contribution in [0.15, 0.2) is 54.6 Å². The second-order valence-electron chi connectivity index (χ2n) is 6.18. The number of likely N-dealkylation sites (N-methyl/N-ethyl adjacent to an activating group) is 1. The van der Waals surface area contributed by atoms with E-state index in [1.807, 2.05) is 0 Å². The number of rotatable bonds is 2. The summed E-state index contributed by atoms with van der Waals surface area (Å²) < 4.78 is 0. The molecular formula is C19H23N3S. The maximum absolute atomic E-state index is 5.71. The first-order valence-electron chi connectivity index (χ1n) is 8.01. The number of thiocarbonyl (C=S) groups is 1. The smallest absolute Gasteiger partial charge is 0.174 e. The highest BCUT2D eigenvalue weighted by molar-refractivity contribution is 7.80. The predicted octanol–water partition coefficient (Wildman–Crippen LogP) is 3.68. The number of anilines is 1. The van der Waals surface area contributed by atoms with Crippen molar-refractivity contribution in [1.29, 1.82) is 0 Å². The number of aryl methyl sites for hydroxylation is 1. The summed E-state index contributed by atoms with van der Waals surface area (Å²) in [5, 5.41) is 4.21. The largest absolute Gasteiger partial charge is 0.339 e. The molecule has 1 heterocycles. The molecule has 2 aromatic carbocycles. The minimum atomic E-state index is 0.291. The Bertz CT molecular complexity index is 671. The fourth-order valence-electron chi connectivity index (χ4n) is 3.04. The highest BCUT2D eigenvalue weighted by atomic mass is 32.1. The zero-order chi connectivity index (χ0) is 16.2. The van der Waals surface area contributed by atoms with Crippen molar-refractivity contribution < 1.29 is 0 Å². The van der Waals surface area contributed by atoms with Gasteiger partial charge in [0.15, 0.2) is 5.11 Å². The van der Waals surface area contributed by atoms with E-state index >= 15 is 0 Å². The van der Waals surface area contributed by atoms with Crippen molar-refractivity contribution in [3.63, 3.8) is 0 Å². The molecule has 3 nitrogen and oxygen atoms in total. The van der Waals surface area contributed by atoms with Gasteiger partial charge in [-0.3, -0.25) is 0 Å². The van der Waals surface area contributed by atoms with Gasteiger partial charge in [0.2, 0.25) is 0 Å². The van der Waals surface area contributed by atoms with E-state index in [0.717, 1.165) is 30.4 Å². The lowest BCUT2D eigenvalue weighted by atomic mass is 10.0. The van der Waals surface area contributed by atoms with Crippen LogP contribution >= 0.6 is 12.2 Å². The van der Waals surface area contributed by atoms with Gasteiger partial charge in [0.25, 0.3) is 0 Å². The van der Waals surface area contributed by atoms with E-state index in [0.29, 0.717) is 6.04 Å². The topological polar surface area (TPSA) is 18.5 Å². The standard InChI is InChI=1S/C19H23N3S/c1-15-7-6-10-17(13-15)20-19(23)22-12-11-21(2)14-18(22)16-8-4-3-5-9-16/h3-10,13,18H,11-12,14H2,1-2H3,(H,20,23)/t18-/m0/s1. The minimum Gasteiger partial charge on any atom is -0.339 e. The van der Waals surface area contributed by atoms with Crippen LogP contribution in [0.4, 0.5) is 5.69 Å². The molecule has 0 saturated carbocycles. The van der Waals surface area contributed by atoms with Crippen molar-refractivity contribution in [3.8, 4) is 0 Å². The Morgan fingerprint density at radius 2 is 1.87 bits per heavy atom.